The molecule has 6 rings (SSSR count). The van der Waals surface area contributed by atoms with Gasteiger partial charge in [0.2, 0.25) is 0 Å². The van der Waals surface area contributed by atoms with E-state index in [0.29, 0.717) is 72.0 Å². The van der Waals surface area contributed by atoms with E-state index in [1.807, 2.05) is 0 Å². The molecule has 9 nitrogen and oxygen atoms in total. The van der Waals surface area contributed by atoms with Crippen LogP contribution in [0.3, 0.4) is 0 Å². The number of hydrogen-bond acceptors (Lipinski definition) is 7. The monoisotopic (exact) mass is 505 g/mol. The molecule has 3 aromatic heterocycles. The van der Waals surface area contributed by atoms with E-state index in [1.165, 1.54) is 10.6 Å². The highest BCUT2D eigenvalue weighted by molar-refractivity contribution is 5.97. The van der Waals surface area contributed by atoms with Crippen LogP contribution in [-0.2, 0) is 11.2 Å². The number of benzene rings is 1. The maximum absolute atomic E-state index is 15.4. The van der Waals surface area contributed by atoms with Gasteiger partial charge in [0.05, 0.1) is 24.6 Å². The number of aromatic carboxylic acids is 1. The Bertz CT molecular complexity index is 1660. The lowest BCUT2D eigenvalue weighted by Gasteiger charge is -2.32. The Hall–Kier alpha value is -4.38. The van der Waals surface area contributed by atoms with Crippen molar-refractivity contribution in [1.29, 1.82) is 0 Å². The molecule has 0 bridgehead atoms. The van der Waals surface area contributed by atoms with E-state index in [1.54, 1.807) is 25.4 Å². The average Bonchev–Trinajstić information content (AvgIpc) is 3.30. The van der Waals surface area contributed by atoms with Gasteiger partial charge in [-0.05, 0) is 17.7 Å². The summed E-state index contributed by atoms with van der Waals surface area (Å²) in [5.74, 6) is -3.27. The number of nitrogens with one attached hydrogen (secondary N) is 1. The molecule has 1 fully saturated rings. The van der Waals surface area contributed by atoms with Crippen LogP contribution in [0.1, 0.15) is 21.6 Å². The molecule has 4 heterocycles. The largest absolute Gasteiger partial charge is 0.477 e. The number of morpholine rings is 1. The SMILES string of the molecule is CNc1cc(F)c(F)c2c1Cc1ncc(-c3ccc4ncc(C(=O)O)c(=O)n4c3)c(N3CCOCC3)c1-2. The van der Waals surface area contributed by atoms with E-state index < -0.39 is 28.7 Å². The highest BCUT2D eigenvalue weighted by atomic mass is 19.2. The summed E-state index contributed by atoms with van der Waals surface area (Å²) in [6, 6.07) is 4.50. The Kier molecular flexibility index (Phi) is 5.37. The van der Waals surface area contributed by atoms with E-state index in [4.69, 9.17) is 4.74 Å². The number of carboxylic acids is 1. The van der Waals surface area contributed by atoms with Gasteiger partial charge < -0.3 is 20.1 Å². The number of anilines is 2. The van der Waals surface area contributed by atoms with E-state index in [9.17, 15) is 19.1 Å². The van der Waals surface area contributed by atoms with Crippen LogP contribution in [0, 0.1) is 11.6 Å². The minimum absolute atomic E-state index is 0.169. The molecule has 37 heavy (non-hydrogen) atoms. The summed E-state index contributed by atoms with van der Waals surface area (Å²) >= 11 is 0. The molecule has 2 N–H and O–H groups in total. The Morgan fingerprint density at radius 3 is 2.65 bits per heavy atom. The molecule has 0 radical (unpaired) electrons. The topological polar surface area (TPSA) is 109 Å². The lowest BCUT2D eigenvalue weighted by Crippen LogP contribution is -2.37. The maximum Gasteiger partial charge on any atom is 0.342 e. The number of halogens is 2. The van der Waals surface area contributed by atoms with E-state index in [0.717, 1.165) is 12.3 Å². The van der Waals surface area contributed by atoms with Crippen molar-refractivity contribution in [3.63, 3.8) is 0 Å². The van der Waals surface area contributed by atoms with Gasteiger partial charge in [-0.1, -0.05) is 0 Å². The van der Waals surface area contributed by atoms with Crippen molar-refractivity contribution < 1.29 is 23.4 Å². The summed E-state index contributed by atoms with van der Waals surface area (Å²) in [4.78, 5) is 35.1. The van der Waals surface area contributed by atoms with Gasteiger partial charge in [-0.3, -0.25) is 14.2 Å². The minimum atomic E-state index is -1.38. The second kappa shape index (κ2) is 8.63. The molecule has 4 aromatic rings. The molecule has 0 atom stereocenters. The van der Waals surface area contributed by atoms with Gasteiger partial charge in [0.25, 0.3) is 5.56 Å². The van der Waals surface area contributed by atoms with Crippen molar-refractivity contribution in [2.24, 2.45) is 0 Å². The highest BCUT2D eigenvalue weighted by Gasteiger charge is 2.34. The van der Waals surface area contributed by atoms with E-state index in [-0.39, 0.29) is 11.2 Å². The minimum Gasteiger partial charge on any atom is -0.477 e. The molecule has 11 heteroatoms. The number of pyridine rings is 2. The fourth-order valence-corrected chi connectivity index (χ4v) is 5.14. The first-order chi connectivity index (χ1) is 17.9. The smallest absolute Gasteiger partial charge is 0.342 e. The molecule has 0 amide bonds. The molecule has 1 aliphatic heterocycles. The number of fused-ring (bicyclic) bond motifs is 4. The van der Waals surface area contributed by atoms with Crippen LogP contribution < -0.4 is 15.8 Å². The Labute approximate surface area is 209 Å². The molecule has 1 saturated heterocycles. The van der Waals surface area contributed by atoms with Crippen molar-refractivity contribution in [3.05, 3.63) is 75.6 Å². The van der Waals surface area contributed by atoms with Gasteiger partial charge in [0.1, 0.15) is 11.2 Å². The van der Waals surface area contributed by atoms with Crippen LogP contribution >= 0.6 is 0 Å². The van der Waals surface area contributed by atoms with Crippen LogP contribution in [0.4, 0.5) is 20.2 Å². The van der Waals surface area contributed by atoms with Crippen molar-refractivity contribution in [2.45, 2.75) is 6.42 Å². The van der Waals surface area contributed by atoms with Crippen molar-refractivity contribution >= 4 is 23.0 Å². The van der Waals surface area contributed by atoms with Gasteiger partial charge in [-0.2, -0.15) is 0 Å². The molecular weight excluding hydrogens is 484 g/mol. The first kappa shape index (κ1) is 23.0. The summed E-state index contributed by atoms with van der Waals surface area (Å²) in [5.41, 5.74) is 3.31. The molecule has 0 spiro atoms. The third kappa shape index (κ3) is 3.53. The zero-order valence-corrected chi connectivity index (χ0v) is 19.7. The molecule has 0 unspecified atom stereocenters. The molecule has 188 valence electrons. The average molecular weight is 505 g/mol. The first-order valence-electron chi connectivity index (χ1n) is 11.7. The standard InChI is InChI=1S/C26H21F2N5O4/c1-29-18-9-17(27)23(28)21-14(18)8-19-22(21)24(32-4-6-37-7-5-32)15(10-30-19)13-2-3-20-31-11-16(26(35)36)25(34)33(20)12-13/h2-3,9-12,29H,4-8H2,1H3,(H,35,36). The third-order valence-corrected chi connectivity index (χ3v) is 6.89. The van der Waals surface area contributed by atoms with Crippen LogP contribution in [0.5, 0.6) is 0 Å². The summed E-state index contributed by atoms with van der Waals surface area (Å²) in [7, 11) is 1.66. The number of rotatable bonds is 4. The summed E-state index contributed by atoms with van der Waals surface area (Å²) in [6.07, 6.45) is 4.52. The molecule has 0 saturated carbocycles. The fraction of sp³-hybridized carbons (Fsp3) is 0.231. The fourth-order valence-electron chi connectivity index (χ4n) is 5.14. The van der Waals surface area contributed by atoms with Crippen LogP contribution in [0.2, 0.25) is 0 Å². The number of hydrogen-bond donors (Lipinski definition) is 2. The molecule has 2 aliphatic rings. The number of aromatic nitrogens is 3. The predicted octanol–water partition coefficient (Wildman–Crippen LogP) is 3.18. The van der Waals surface area contributed by atoms with Crippen LogP contribution in [0.25, 0.3) is 27.9 Å². The molecular formula is C26H21F2N5O4. The Morgan fingerprint density at radius 2 is 1.92 bits per heavy atom. The van der Waals surface area contributed by atoms with E-state index >= 15 is 4.39 Å². The normalized spacial score (nSPS) is 14.5. The van der Waals surface area contributed by atoms with Crippen molar-refractivity contribution in [3.8, 4) is 22.3 Å². The second-order valence-corrected chi connectivity index (χ2v) is 8.87. The lowest BCUT2D eigenvalue weighted by atomic mass is 9.97. The number of nitrogens with zero attached hydrogens (tertiary/aromatic N) is 4. The van der Waals surface area contributed by atoms with Crippen molar-refractivity contribution in [2.75, 3.05) is 43.6 Å². The highest BCUT2D eigenvalue weighted by Crippen LogP contribution is 2.49. The number of ether oxygens (including phenoxy) is 1. The second-order valence-electron chi connectivity index (χ2n) is 8.87. The zero-order valence-electron chi connectivity index (χ0n) is 19.7. The van der Waals surface area contributed by atoms with Gasteiger partial charge in [-0.15, -0.1) is 0 Å². The molecule has 1 aromatic carbocycles. The lowest BCUT2D eigenvalue weighted by molar-refractivity contribution is 0.0694. The zero-order chi connectivity index (χ0) is 25.8. The number of carbonyl (C=O) groups is 1. The third-order valence-electron chi connectivity index (χ3n) is 6.89. The van der Waals surface area contributed by atoms with Crippen molar-refractivity contribution in [1.82, 2.24) is 14.4 Å². The Morgan fingerprint density at radius 1 is 1.14 bits per heavy atom. The summed E-state index contributed by atoms with van der Waals surface area (Å²) < 4.78 is 36.8. The predicted molar refractivity (Wildman–Crippen MR) is 132 cm³/mol. The summed E-state index contributed by atoms with van der Waals surface area (Å²) in [5, 5.41) is 12.3. The van der Waals surface area contributed by atoms with E-state index in [2.05, 4.69) is 20.2 Å². The van der Waals surface area contributed by atoms with Crippen LogP contribution in [-0.4, -0.2) is 58.8 Å². The Balaban J connectivity index is 1.64. The first-order valence-corrected chi connectivity index (χ1v) is 11.7. The van der Waals surface area contributed by atoms with Gasteiger partial charge in [-0.25, -0.2) is 18.6 Å². The number of carboxylic acid groups (broad SMARTS) is 1. The van der Waals surface area contributed by atoms with Gasteiger partial charge in [0.15, 0.2) is 11.6 Å². The van der Waals surface area contributed by atoms with Gasteiger partial charge in [0, 0.05) is 79.2 Å². The van der Waals surface area contributed by atoms with Crippen LogP contribution in [0.15, 0.2) is 41.6 Å². The molecule has 1 aliphatic carbocycles. The van der Waals surface area contributed by atoms with Gasteiger partial charge >= 0.3 is 5.97 Å². The summed E-state index contributed by atoms with van der Waals surface area (Å²) in [6.45, 7) is 1.96. The quantitative estimate of drug-likeness (QED) is 0.384. The maximum atomic E-state index is 15.4.